The molecular formula is C16H16N2O3. The summed E-state index contributed by atoms with van der Waals surface area (Å²) in [6, 6.07) is 7.93. The van der Waals surface area contributed by atoms with Crippen molar-refractivity contribution in [2.75, 3.05) is 13.1 Å². The maximum atomic E-state index is 12.3. The average molecular weight is 284 g/mol. The molecule has 1 saturated heterocycles. The van der Waals surface area contributed by atoms with Gasteiger partial charge in [-0.15, -0.1) is 0 Å². The quantitative estimate of drug-likeness (QED) is 0.848. The maximum Gasteiger partial charge on any atom is 0.270 e. The lowest BCUT2D eigenvalue weighted by Crippen LogP contribution is -2.27. The predicted octanol–water partition coefficient (Wildman–Crippen LogP) is 2.19. The fraction of sp³-hybridized carbons (Fsp3) is 0.250. The summed E-state index contributed by atoms with van der Waals surface area (Å²) < 4.78 is 0. The van der Waals surface area contributed by atoms with Gasteiger partial charge in [-0.3, -0.25) is 9.59 Å². The molecular weight excluding hydrogens is 268 g/mol. The van der Waals surface area contributed by atoms with Crippen LogP contribution in [0.15, 0.2) is 36.5 Å². The third-order valence-corrected chi connectivity index (χ3v) is 3.72. The zero-order valence-corrected chi connectivity index (χ0v) is 11.5. The van der Waals surface area contributed by atoms with E-state index in [1.807, 2.05) is 0 Å². The van der Waals surface area contributed by atoms with Crippen LogP contribution in [0.5, 0.6) is 5.75 Å². The molecule has 108 valence electrons. The molecule has 5 nitrogen and oxygen atoms in total. The molecule has 1 aliphatic rings. The molecule has 1 fully saturated rings. The van der Waals surface area contributed by atoms with Gasteiger partial charge in [0.2, 0.25) is 0 Å². The van der Waals surface area contributed by atoms with E-state index in [4.69, 9.17) is 0 Å². The van der Waals surface area contributed by atoms with Gasteiger partial charge in [0.1, 0.15) is 11.4 Å². The molecule has 0 bridgehead atoms. The Balaban J connectivity index is 1.83. The van der Waals surface area contributed by atoms with Crippen molar-refractivity contribution >= 4 is 11.7 Å². The lowest BCUT2D eigenvalue weighted by Gasteiger charge is -2.13. The molecule has 2 heterocycles. The highest BCUT2D eigenvalue weighted by atomic mass is 16.3. The van der Waals surface area contributed by atoms with E-state index in [0.29, 0.717) is 11.3 Å². The van der Waals surface area contributed by atoms with E-state index in [1.54, 1.807) is 29.2 Å². The molecule has 1 aliphatic heterocycles. The molecule has 0 unspecified atom stereocenters. The Kier molecular flexibility index (Phi) is 3.48. The zero-order valence-electron chi connectivity index (χ0n) is 11.5. The first-order valence-corrected chi connectivity index (χ1v) is 6.97. The van der Waals surface area contributed by atoms with Crippen LogP contribution in [0, 0.1) is 0 Å². The third-order valence-electron chi connectivity index (χ3n) is 3.72. The van der Waals surface area contributed by atoms with Gasteiger partial charge in [-0.2, -0.15) is 0 Å². The van der Waals surface area contributed by atoms with Crippen LogP contribution in [0.2, 0.25) is 0 Å². The molecule has 0 atom stereocenters. The molecule has 0 radical (unpaired) electrons. The number of carbonyl (C=O) groups is 2. The number of benzene rings is 1. The number of nitrogens with zero attached hydrogens (tertiary/aromatic N) is 1. The van der Waals surface area contributed by atoms with E-state index < -0.39 is 0 Å². The van der Waals surface area contributed by atoms with Gasteiger partial charge in [0.05, 0.1) is 5.56 Å². The lowest BCUT2D eigenvalue weighted by atomic mass is 10.0. The normalized spacial score (nSPS) is 14.4. The van der Waals surface area contributed by atoms with Crippen LogP contribution in [0.4, 0.5) is 0 Å². The fourth-order valence-electron chi connectivity index (χ4n) is 2.56. The van der Waals surface area contributed by atoms with Crippen molar-refractivity contribution in [1.82, 2.24) is 9.88 Å². The number of amides is 1. The monoisotopic (exact) mass is 284 g/mol. The fourth-order valence-corrected chi connectivity index (χ4v) is 2.56. The molecule has 0 saturated carbocycles. The van der Waals surface area contributed by atoms with Crippen LogP contribution in [0.1, 0.15) is 39.3 Å². The molecule has 1 amide bonds. The average Bonchev–Trinajstić information content (AvgIpc) is 3.18. The van der Waals surface area contributed by atoms with E-state index in [9.17, 15) is 14.7 Å². The number of aromatic nitrogens is 1. The van der Waals surface area contributed by atoms with E-state index >= 15 is 0 Å². The van der Waals surface area contributed by atoms with Gasteiger partial charge in [-0.05, 0) is 31.0 Å². The van der Waals surface area contributed by atoms with Gasteiger partial charge in [0.15, 0.2) is 5.78 Å². The third kappa shape index (κ3) is 2.54. The number of ketones is 1. The lowest BCUT2D eigenvalue weighted by molar-refractivity contribution is 0.0787. The van der Waals surface area contributed by atoms with Gasteiger partial charge in [-0.25, -0.2) is 0 Å². The number of hydrogen-bond acceptors (Lipinski definition) is 3. The summed E-state index contributed by atoms with van der Waals surface area (Å²) in [5, 5.41) is 9.72. The van der Waals surface area contributed by atoms with Crippen molar-refractivity contribution in [2.24, 2.45) is 0 Å². The summed E-state index contributed by atoms with van der Waals surface area (Å²) in [4.78, 5) is 29.2. The zero-order chi connectivity index (χ0) is 14.8. The summed E-state index contributed by atoms with van der Waals surface area (Å²) in [5.74, 6) is -0.440. The number of phenolic OH excluding ortho intramolecular Hbond substituents is 1. The van der Waals surface area contributed by atoms with Crippen molar-refractivity contribution < 1.29 is 14.7 Å². The second-order valence-corrected chi connectivity index (χ2v) is 5.15. The molecule has 2 aromatic rings. The number of hydrogen-bond donors (Lipinski definition) is 2. The second-order valence-electron chi connectivity index (χ2n) is 5.15. The number of aromatic hydroxyl groups is 1. The summed E-state index contributed by atoms with van der Waals surface area (Å²) in [7, 11) is 0. The van der Waals surface area contributed by atoms with Gasteiger partial charge in [-0.1, -0.05) is 12.1 Å². The molecule has 2 N–H and O–H groups in total. The molecule has 0 aliphatic carbocycles. The van der Waals surface area contributed by atoms with Crippen LogP contribution >= 0.6 is 0 Å². The Hall–Kier alpha value is -2.56. The summed E-state index contributed by atoms with van der Waals surface area (Å²) in [6.45, 7) is 1.53. The minimum absolute atomic E-state index is 0.0591. The summed E-state index contributed by atoms with van der Waals surface area (Å²) in [6.07, 6.45) is 3.56. The van der Waals surface area contributed by atoms with Crippen LogP contribution < -0.4 is 0 Å². The minimum atomic E-state index is -0.301. The van der Waals surface area contributed by atoms with Gasteiger partial charge < -0.3 is 15.0 Å². The predicted molar refractivity (Wildman–Crippen MR) is 77.5 cm³/mol. The molecule has 1 aromatic heterocycles. The number of nitrogens with one attached hydrogen (secondary N) is 1. The Morgan fingerprint density at radius 2 is 1.86 bits per heavy atom. The molecule has 21 heavy (non-hydrogen) atoms. The van der Waals surface area contributed by atoms with Crippen LogP contribution in [0.25, 0.3) is 0 Å². The number of rotatable bonds is 3. The van der Waals surface area contributed by atoms with Crippen molar-refractivity contribution in [3.63, 3.8) is 0 Å². The largest absolute Gasteiger partial charge is 0.507 e. The Bertz CT molecular complexity index is 684. The molecule has 5 heteroatoms. The van der Waals surface area contributed by atoms with E-state index in [0.717, 1.165) is 25.9 Å². The number of likely N-dealkylation sites (tertiary alicyclic amines) is 1. The number of aromatic amines is 1. The Morgan fingerprint density at radius 1 is 1.14 bits per heavy atom. The summed E-state index contributed by atoms with van der Waals surface area (Å²) in [5.41, 5.74) is 1.02. The molecule has 1 aromatic carbocycles. The SMILES string of the molecule is O=C(c1c[nH]c(C(=O)N2CCCC2)c1)c1ccccc1O. The smallest absolute Gasteiger partial charge is 0.270 e. The van der Waals surface area contributed by atoms with Crippen LogP contribution in [-0.4, -0.2) is 39.8 Å². The highest BCUT2D eigenvalue weighted by molar-refractivity contribution is 6.11. The second kappa shape index (κ2) is 5.44. The van der Waals surface area contributed by atoms with Crippen LogP contribution in [0.3, 0.4) is 0 Å². The van der Waals surface area contributed by atoms with Crippen molar-refractivity contribution in [1.29, 1.82) is 0 Å². The van der Waals surface area contributed by atoms with Crippen molar-refractivity contribution in [3.8, 4) is 5.75 Å². The first-order valence-electron chi connectivity index (χ1n) is 6.97. The van der Waals surface area contributed by atoms with Gasteiger partial charge in [0.25, 0.3) is 5.91 Å². The summed E-state index contributed by atoms with van der Waals surface area (Å²) >= 11 is 0. The number of phenols is 1. The van der Waals surface area contributed by atoms with E-state index in [2.05, 4.69) is 4.98 Å². The number of carbonyl (C=O) groups excluding carboxylic acids is 2. The maximum absolute atomic E-state index is 12.3. The Morgan fingerprint density at radius 3 is 2.57 bits per heavy atom. The first kappa shape index (κ1) is 13.4. The number of H-pyrrole nitrogens is 1. The molecule has 0 spiro atoms. The first-order chi connectivity index (χ1) is 10.2. The van der Waals surface area contributed by atoms with E-state index in [-0.39, 0.29) is 23.0 Å². The minimum Gasteiger partial charge on any atom is -0.507 e. The van der Waals surface area contributed by atoms with Crippen LogP contribution in [-0.2, 0) is 0 Å². The topological polar surface area (TPSA) is 73.4 Å². The van der Waals surface area contributed by atoms with E-state index in [1.165, 1.54) is 12.3 Å². The van der Waals surface area contributed by atoms with Crippen molar-refractivity contribution in [2.45, 2.75) is 12.8 Å². The highest BCUT2D eigenvalue weighted by Crippen LogP contribution is 2.21. The Labute approximate surface area is 122 Å². The number of para-hydroxylation sites is 1. The van der Waals surface area contributed by atoms with Crippen molar-refractivity contribution in [3.05, 3.63) is 53.3 Å². The van der Waals surface area contributed by atoms with Gasteiger partial charge in [0, 0.05) is 24.8 Å². The standard InChI is InChI=1S/C16H16N2O3/c19-14-6-2-1-5-12(14)15(20)11-9-13(17-10-11)16(21)18-7-3-4-8-18/h1-2,5-6,9-10,17,19H,3-4,7-8H2. The van der Waals surface area contributed by atoms with Gasteiger partial charge >= 0.3 is 0 Å². The molecule has 3 rings (SSSR count). The highest BCUT2D eigenvalue weighted by Gasteiger charge is 2.22.